The Morgan fingerprint density at radius 3 is 2.43 bits per heavy atom. The Morgan fingerprint density at radius 1 is 1.20 bits per heavy atom. The normalized spacial score (nSPS) is 12.5. The molecule has 2 rings (SSSR count). The number of aryl methyl sites for hydroxylation is 1. The van der Waals surface area contributed by atoms with Crippen molar-refractivity contribution in [3.8, 4) is 5.75 Å². The lowest BCUT2D eigenvalue weighted by atomic mass is 10.0. The number of nitrogens with zero attached hydrogens (tertiary/aromatic N) is 1. The molecule has 164 valence electrons. The zero-order valence-electron chi connectivity index (χ0n) is 17.1. The number of carbonyl (C=O) groups excluding carboxylic acids is 2. The molecule has 1 aromatic heterocycles. The maximum absolute atomic E-state index is 12.7. The van der Waals surface area contributed by atoms with E-state index >= 15 is 0 Å². The van der Waals surface area contributed by atoms with Gasteiger partial charge in [0.25, 0.3) is 0 Å². The van der Waals surface area contributed by atoms with Crippen LogP contribution in [0.1, 0.15) is 12.6 Å². The molecule has 0 aliphatic rings. The highest BCUT2D eigenvalue weighted by molar-refractivity contribution is 7.99. The highest BCUT2D eigenvalue weighted by Gasteiger charge is 2.33. The van der Waals surface area contributed by atoms with Gasteiger partial charge in [0.05, 0.1) is 32.4 Å². The van der Waals surface area contributed by atoms with E-state index in [1.54, 1.807) is 7.11 Å². The number of methoxy groups -OCH3 is 1. The lowest BCUT2D eigenvalue weighted by molar-refractivity contribution is -0.130. The number of fused-ring (bicyclic) bond motifs is 1. The summed E-state index contributed by atoms with van der Waals surface area (Å²) in [6.45, 7) is 1.20. The highest BCUT2D eigenvalue weighted by Crippen LogP contribution is 2.31. The number of hydrogen-bond acceptors (Lipinski definition) is 8. The van der Waals surface area contributed by atoms with Gasteiger partial charge in [0.15, 0.2) is 0 Å². The number of pyridine rings is 1. The quantitative estimate of drug-likeness (QED) is 0.327. The van der Waals surface area contributed by atoms with E-state index in [-0.39, 0.29) is 5.75 Å². The summed E-state index contributed by atoms with van der Waals surface area (Å²) in [7, 11) is 1.57. The molecule has 0 saturated heterocycles. The Labute approximate surface area is 178 Å². The molecule has 2 aromatic rings. The first kappa shape index (κ1) is 23.9. The minimum Gasteiger partial charge on any atom is -0.497 e. The lowest BCUT2D eigenvalue weighted by Gasteiger charge is -2.30. The fraction of sp³-hybridized carbons (Fsp3) is 0.450. The number of aromatic nitrogens is 1. The summed E-state index contributed by atoms with van der Waals surface area (Å²) in [6, 6.07) is 6.45. The van der Waals surface area contributed by atoms with E-state index in [1.807, 2.05) is 31.2 Å². The Balaban J connectivity index is 2.28. The van der Waals surface area contributed by atoms with Crippen molar-refractivity contribution < 1.29 is 29.6 Å². The largest absolute Gasteiger partial charge is 0.497 e. The molecular weight excluding hydrogens is 410 g/mol. The number of thioether (sulfide) groups is 1. The molecule has 0 fully saturated rings. The van der Waals surface area contributed by atoms with Crippen molar-refractivity contribution in [2.75, 3.05) is 32.7 Å². The Bertz CT molecular complexity index is 895. The van der Waals surface area contributed by atoms with Gasteiger partial charge in [-0.05, 0) is 31.2 Å². The summed E-state index contributed by atoms with van der Waals surface area (Å²) >= 11 is 1.35. The predicted molar refractivity (Wildman–Crippen MR) is 113 cm³/mol. The number of carbonyl (C=O) groups is 2. The van der Waals surface area contributed by atoms with Gasteiger partial charge >= 0.3 is 0 Å². The topological polar surface area (TPSA) is 141 Å². The van der Waals surface area contributed by atoms with Gasteiger partial charge in [-0.3, -0.25) is 14.6 Å². The van der Waals surface area contributed by atoms with Crippen LogP contribution in [0.25, 0.3) is 10.9 Å². The SMILES string of the molecule is COc1ccc2nc(C)cc(SCC(NC(C)=O)C(=O)NC(CO)(CO)CO)c2c1. The van der Waals surface area contributed by atoms with Crippen LogP contribution in [0.5, 0.6) is 5.75 Å². The van der Waals surface area contributed by atoms with Crippen LogP contribution in [0.4, 0.5) is 0 Å². The van der Waals surface area contributed by atoms with Crippen LogP contribution >= 0.6 is 11.8 Å². The van der Waals surface area contributed by atoms with Crippen molar-refractivity contribution in [2.45, 2.75) is 30.3 Å². The number of amides is 2. The van der Waals surface area contributed by atoms with E-state index in [0.29, 0.717) is 5.75 Å². The first-order valence-electron chi connectivity index (χ1n) is 9.27. The monoisotopic (exact) mass is 437 g/mol. The third-order valence-electron chi connectivity index (χ3n) is 4.50. The van der Waals surface area contributed by atoms with Crippen molar-refractivity contribution in [1.82, 2.24) is 15.6 Å². The zero-order chi connectivity index (χ0) is 22.3. The zero-order valence-corrected chi connectivity index (χ0v) is 18.0. The molecule has 1 unspecified atom stereocenters. The van der Waals surface area contributed by atoms with Gasteiger partial charge in [-0.25, -0.2) is 0 Å². The molecule has 0 radical (unpaired) electrons. The molecule has 5 N–H and O–H groups in total. The molecule has 1 heterocycles. The molecule has 0 saturated carbocycles. The van der Waals surface area contributed by atoms with Crippen molar-refractivity contribution >= 4 is 34.5 Å². The minimum atomic E-state index is -1.58. The fourth-order valence-corrected chi connectivity index (χ4v) is 3.92. The van der Waals surface area contributed by atoms with Gasteiger partial charge in [-0.1, -0.05) is 0 Å². The molecule has 0 aliphatic carbocycles. The second kappa shape index (κ2) is 10.6. The van der Waals surface area contributed by atoms with Crippen molar-refractivity contribution in [1.29, 1.82) is 0 Å². The number of ether oxygens (including phenoxy) is 1. The molecule has 1 atom stereocenters. The minimum absolute atomic E-state index is 0.180. The molecule has 10 heteroatoms. The van der Waals surface area contributed by atoms with Gasteiger partial charge in [0, 0.05) is 28.7 Å². The molecule has 30 heavy (non-hydrogen) atoms. The summed E-state index contributed by atoms with van der Waals surface area (Å²) in [5.41, 5.74) is 0.000409. The van der Waals surface area contributed by atoms with Gasteiger partial charge in [-0.15, -0.1) is 11.8 Å². The van der Waals surface area contributed by atoms with Crippen molar-refractivity contribution in [3.05, 3.63) is 30.0 Å². The predicted octanol–water partition coefficient (Wildman–Crippen LogP) is -0.0195. The van der Waals surface area contributed by atoms with E-state index < -0.39 is 43.2 Å². The van der Waals surface area contributed by atoms with Crippen LogP contribution in [0.2, 0.25) is 0 Å². The van der Waals surface area contributed by atoms with Crippen LogP contribution in [-0.4, -0.2) is 76.4 Å². The Morgan fingerprint density at radius 2 is 1.87 bits per heavy atom. The third kappa shape index (κ3) is 5.82. The molecular formula is C20H27N3O6S. The highest BCUT2D eigenvalue weighted by atomic mass is 32.2. The number of rotatable bonds is 10. The van der Waals surface area contributed by atoms with E-state index in [4.69, 9.17) is 4.74 Å². The average molecular weight is 438 g/mol. The lowest BCUT2D eigenvalue weighted by Crippen LogP contribution is -2.61. The van der Waals surface area contributed by atoms with Gasteiger partial charge in [-0.2, -0.15) is 0 Å². The van der Waals surface area contributed by atoms with Gasteiger partial charge < -0.3 is 30.7 Å². The van der Waals surface area contributed by atoms with Gasteiger partial charge in [0.1, 0.15) is 17.3 Å². The van der Waals surface area contributed by atoms with E-state index in [0.717, 1.165) is 21.5 Å². The Hall–Kier alpha value is -2.40. The number of benzene rings is 1. The maximum Gasteiger partial charge on any atom is 0.244 e. The average Bonchev–Trinajstić information content (AvgIpc) is 2.74. The van der Waals surface area contributed by atoms with Crippen molar-refractivity contribution in [2.24, 2.45) is 0 Å². The van der Waals surface area contributed by atoms with E-state index in [9.17, 15) is 24.9 Å². The molecule has 2 amide bonds. The van der Waals surface area contributed by atoms with Crippen LogP contribution in [0, 0.1) is 6.92 Å². The standard InChI is InChI=1S/C20H27N3O6S/c1-12-6-18(15-7-14(29-3)4-5-16(15)21-12)30-8-17(22-13(2)27)19(28)23-20(9-24,10-25)11-26/h4-7,17,24-26H,8-11H2,1-3H3,(H,22,27)(H,23,28). The number of aliphatic hydroxyl groups excluding tert-OH is 3. The van der Waals surface area contributed by atoms with Crippen LogP contribution in [-0.2, 0) is 9.59 Å². The maximum atomic E-state index is 12.7. The summed E-state index contributed by atoms with van der Waals surface area (Å²) in [6.07, 6.45) is 0. The first-order chi connectivity index (χ1) is 14.3. The summed E-state index contributed by atoms with van der Waals surface area (Å²) in [5.74, 6) is -0.178. The van der Waals surface area contributed by atoms with Crippen LogP contribution < -0.4 is 15.4 Å². The van der Waals surface area contributed by atoms with Crippen LogP contribution in [0.15, 0.2) is 29.2 Å². The van der Waals surface area contributed by atoms with E-state index in [1.165, 1.54) is 18.7 Å². The molecule has 1 aromatic carbocycles. The Kier molecular flexibility index (Phi) is 8.42. The molecule has 0 aliphatic heterocycles. The molecule has 0 spiro atoms. The first-order valence-corrected chi connectivity index (χ1v) is 10.3. The fourth-order valence-electron chi connectivity index (χ4n) is 2.76. The summed E-state index contributed by atoms with van der Waals surface area (Å²) in [4.78, 5) is 29.7. The van der Waals surface area contributed by atoms with Crippen LogP contribution in [0.3, 0.4) is 0 Å². The second-order valence-electron chi connectivity index (χ2n) is 6.95. The van der Waals surface area contributed by atoms with Crippen molar-refractivity contribution in [3.63, 3.8) is 0 Å². The smallest absolute Gasteiger partial charge is 0.244 e. The second-order valence-corrected chi connectivity index (χ2v) is 8.01. The molecule has 0 bridgehead atoms. The number of hydrogen-bond donors (Lipinski definition) is 5. The summed E-state index contributed by atoms with van der Waals surface area (Å²) < 4.78 is 5.29. The molecule has 9 nitrogen and oxygen atoms in total. The summed E-state index contributed by atoms with van der Waals surface area (Å²) in [5, 5.41) is 34.2. The number of aliphatic hydroxyl groups is 3. The number of nitrogens with one attached hydrogen (secondary N) is 2. The van der Waals surface area contributed by atoms with E-state index in [2.05, 4.69) is 15.6 Å². The van der Waals surface area contributed by atoms with Gasteiger partial charge in [0.2, 0.25) is 11.8 Å². The third-order valence-corrected chi connectivity index (χ3v) is 5.65.